The van der Waals surface area contributed by atoms with Crippen molar-refractivity contribution in [2.75, 3.05) is 0 Å². The van der Waals surface area contributed by atoms with Gasteiger partial charge in [0.05, 0.1) is 4.34 Å². The summed E-state index contributed by atoms with van der Waals surface area (Å²) in [6.45, 7) is 8.09. The minimum absolute atomic E-state index is 0.408. The molecule has 1 aromatic heterocycles. The van der Waals surface area contributed by atoms with Crippen molar-refractivity contribution in [2.24, 2.45) is 11.3 Å². The van der Waals surface area contributed by atoms with E-state index in [1.54, 1.807) is 11.3 Å². The van der Waals surface area contributed by atoms with Gasteiger partial charge in [-0.25, -0.2) is 0 Å². The van der Waals surface area contributed by atoms with E-state index in [-0.39, 0.29) is 0 Å². The molecule has 0 radical (unpaired) electrons. The summed E-state index contributed by atoms with van der Waals surface area (Å²) < 4.78 is 0.891. The molecule has 102 valence electrons. The lowest BCUT2D eigenvalue weighted by Crippen LogP contribution is -2.43. The van der Waals surface area contributed by atoms with E-state index in [0.29, 0.717) is 11.5 Å². The molecule has 2 atom stereocenters. The number of halogens is 1. The Kier molecular flexibility index (Phi) is 4.74. The smallest absolute Gasteiger partial charge is 0.0931 e. The largest absolute Gasteiger partial charge is 0.309 e. The van der Waals surface area contributed by atoms with Gasteiger partial charge in [0.25, 0.3) is 0 Å². The maximum atomic E-state index is 5.97. The average Bonchev–Trinajstić information content (AvgIpc) is 2.72. The van der Waals surface area contributed by atoms with Crippen LogP contribution in [0.15, 0.2) is 12.1 Å². The molecule has 1 aromatic rings. The zero-order chi connectivity index (χ0) is 13.2. The van der Waals surface area contributed by atoms with Gasteiger partial charge >= 0.3 is 0 Å². The fourth-order valence-corrected chi connectivity index (χ4v) is 4.13. The fourth-order valence-electron chi connectivity index (χ4n) is 3.09. The first-order valence-corrected chi connectivity index (χ1v) is 8.14. The predicted octanol–water partition coefficient (Wildman–Crippen LogP) is 5.10. The van der Waals surface area contributed by atoms with E-state index >= 15 is 0 Å². The number of thiophene rings is 1. The van der Waals surface area contributed by atoms with Crippen LogP contribution in [0.3, 0.4) is 0 Å². The van der Waals surface area contributed by atoms with Crippen molar-refractivity contribution in [1.29, 1.82) is 0 Å². The van der Waals surface area contributed by atoms with Crippen LogP contribution in [-0.4, -0.2) is 6.04 Å². The summed E-state index contributed by atoms with van der Waals surface area (Å²) in [5, 5.41) is 3.76. The van der Waals surface area contributed by atoms with Gasteiger partial charge in [-0.3, -0.25) is 0 Å². The molecule has 1 fully saturated rings. The molecule has 0 amide bonds. The maximum Gasteiger partial charge on any atom is 0.0931 e. The summed E-state index contributed by atoms with van der Waals surface area (Å²) in [4.78, 5) is 1.35. The van der Waals surface area contributed by atoms with Crippen LogP contribution in [0, 0.1) is 11.3 Å². The minimum Gasteiger partial charge on any atom is -0.309 e. The standard InChI is InChI=1S/C15H24ClNS/c1-15(2,3)12-6-4-5-7-13(12)17-10-11-8-9-14(16)18-11/h8-9,12-13,17H,4-7,10H2,1-3H3. The van der Waals surface area contributed by atoms with Crippen LogP contribution < -0.4 is 5.32 Å². The Hall–Kier alpha value is -0.0500. The Morgan fingerprint density at radius 2 is 2.00 bits per heavy atom. The molecular formula is C15H24ClNS. The van der Waals surface area contributed by atoms with Crippen molar-refractivity contribution in [3.63, 3.8) is 0 Å². The Bertz CT molecular complexity index is 380. The number of rotatable bonds is 3. The summed E-state index contributed by atoms with van der Waals surface area (Å²) in [6.07, 6.45) is 5.45. The first-order chi connectivity index (χ1) is 8.47. The molecule has 1 aliphatic rings. The van der Waals surface area contributed by atoms with Gasteiger partial charge in [-0.1, -0.05) is 45.2 Å². The van der Waals surface area contributed by atoms with Gasteiger partial charge in [0.2, 0.25) is 0 Å². The van der Waals surface area contributed by atoms with E-state index in [4.69, 9.17) is 11.6 Å². The van der Waals surface area contributed by atoms with E-state index in [2.05, 4.69) is 32.2 Å². The second-order valence-electron chi connectivity index (χ2n) is 6.45. The van der Waals surface area contributed by atoms with E-state index in [1.807, 2.05) is 6.07 Å². The number of hydrogen-bond acceptors (Lipinski definition) is 2. The zero-order valence-electron chi connectivity index (χ0n) is 11.6. The van der Waals surface area contributed by atoms with Gasteiger partial charge in [-0.2, -0.15) is 0 Å². The van der Waals surface area contributed by atoms with Crippen molar-refractivity contribution >= 4 is 22.9 Å². The normalized spacial score (nSPS) is 25.3. The molecule has 0 spiro atoms. The topological polar surface area (TPSA) is 12.0 Å². The van der Waals surface area contributed by atoms with E-state index in [9.17, 15) is 0 Å². The lowest BCUT2D eigenvalue weighted by Gasteiger charge is -2.41. The zero-order valence-corrected chi connectivity index (χ0v) is 13.2. The van der Waals surface area contributed by atoms with Crippen molar-refractivity contribution in [3.8, 4) is 0 Å². The Morgan fingerprint density at radius 3 is 2.61 bits per heavy atom. The molecule has 0 aromatic carbocycles. The summed E-state index contributed by atoms with van der Waals surface area (Å²) >= 11 is 7.66. The van der Waals surface area contributed by atoms with Gasteiger partial charge in [0.15, 0.2) is 0 Å². The van der Waals surface area contributed by atoms with Crippen LogP contribution in [0.5, 0.6) is 0 Å². The molecular weight excluding hydrogens is 262 g/mol. The van der Waals surface area contributed by atoms with Crippen LogP contribution in [0.4, 0.5) is 0 Å². The molecule has 1 saturated carbocycles. The SMILES string of the molecule is CC(C)(C)C1CCCCC1NCc1ccc(Cl)s1. The summed E-state index contributed by atoms with van der Waals surface area (Å²) in [6, 6.07) is 4.79. The van der Waals surface area contributed by atoms with Crippen LogP contribution in [0.2, 0.25) is 4.34 Å². The highest BCUT2D eigenvalue weighted by Gasteiger charge is 2.33. The molecule has 0 saturated heterocycles. The summed E-state index contributed by atoms with van der Waals surface area (Å²) in [5.41, 5.74) is 0.408. The third-order valence-electron chi connectivity index (χ3n) is 4.05. The lowest BCUT2D eigenvalue weighted by atomic mass is 9.69. The Morgan fingerprint density at radius 1 is 1.28 bits per heavy atom. The highest BCUT2D eigenvalue weighted by atomic mass is 35.5. The van der Waals surface area contributed by atoms with Crippen molar-refractivity contribution in [3.05, 3.63) is 21.3 Å². The second-order valence-corrected chi connectivity index (χ2v) is 8.25. The average molecular weight is 286 g/mol. The summed E-state index contributed by atoms with van der Waals surface area (Å²) in [7, 11) is 0. The third kappa shape index (κ3) is 3.72. The highest BCUT2D eigenvalue weighted by Crippen LogP contribution is 2.38. The molecule has 18 heavy (non-hydrogen) atoms. The van der Waals surface area contributed by atoms with Gasteiger partial charge < -0.3 is 5.32 Å². The predicted molar refractivity (Wildman–Crippen MR) is 81.4 cm³/mol. The molecule has 0 aliphatic heterocycles. The van der Waals surface area contributed by atoms with Gasteiger partial charge in [0, 0.05) is 17.5 Å². The van der Waals surface area contributed by atoms with Crippen LogP contribution in [0.25, 0.3) is 0 Å². The van der Waals surface area contributed by atoms with Gasteiger partial charge in [-0.15, -0.1) is 11.3 Å². The van der Waals surface area contributed by atoms with Crippen molar-refractivity contribution < 1.29 is 0 Å². The van der Waals surface area contributed by atoms with E-state index in [1.165, 1.54) is 30.6 Å². The maximum absolute atomic E-state index is 5.97. The van der Waals surface area contributed by atoms with E-state index in [0.717, 1.165) is 16.8 Å². The van der Waals surface area contributed by atoms with Crippen molar-refractivity contribution in [1.82, 2.24) is 5.32 Å². The van der Waals surface area contributed by atoms with Gasteiger partial charge in [0.1, 0.15) is 0 Å². The quantitative estimate of drug-likeness (QED) is 0.815. The molecule has 0 bridgehead atoms. The molecule has 1 nitrogen and oxygen atoms in total. The second kappa shape index (κ2) is 5.94. The van der Waals surface area contributed by atoms with Crippen LogP contribution >= 0.6 is 22.9 Å². The summed E-state index contributed by atoms with van der Waals surface area (Å²) in [5.74, 6) is 0.793. The van der Waals surface area contributed by atoms with Crippen LogP contribution in [0.1, 0.15) is 51.3 Å². The monoisotopic (exact) mass is 285 g/mol. The first-order valence-electron chi connectivity index (χ1n) is 6.94. The number of hydrogen-bond donors (Lipinski definition) is 1. The Balaban J connectivity index is 1.93. The Labute approximate surface area is 120 Å². The van der Waals surface area contributed by atoms with E-state index < -0.39 is 0 Å². The molecule has 1 heterocycles. The molecule has 1 aliphatic carbocycles. The fraction of sp³-hybridized carbons (Fsp3) is 0.733. The van der Waals surface area contributed by atoms with Crippen molar-refractivity contribution in [2.45, 2.75) is 59.0 Å². The molecule has 3 heteroatoms. The first kappa shape index (κ1) is 14.4. The molecule has 1 N–H and O–H groups in total. The van der Waals surface area contributed by atoms with Crippen LogP contribution in [-0.2, 0) is 6.54 Å². The lowest BCUT2D eigenvalue weighted by molar-refractivity contribution is 0.130. The highest BCUT2D eigenvalue weighted by molar-refractivity contribution is 7.16. The molecule has 2 rings (SSSR count). The minimum atomic E-state index is 0.408. The molecule has 2 unspecified atom stereocenters. The number of nitrogens with one attached hydrogen (secondary N) is 1. The third-order valence-corrected chi connectivity index (χ3v) is 5.28. The van der Waals surface area contributed by atoms with Gasteiger partial charge in [-0.05, 0) is 36.3 Å².